The molecule has 2 aromatic rings. The SMILES string of the molecule is Cc1cn(CC(=O)Nc2cc(C)nn2C)cn1. The van der Waals surface area contributed by atoms with E-state index in [1.54, 1.807) is 22.6 Å². The maximum atomic E-state index is 11.8. The van der Waals surface area contributed by atoms with Crippen LogP contribution in [0, 0.1) is 13.8 Å². The standard InChI is InChI=1S/C11H15N5O/c1-8-4-10(15(3)14-8)13-11(17)6-16-5-9(2)12-7-16/h4-5,7H,6H2,1-3H3,(H,13,17). The van der Waals surface area contributed by atoms with Gasteiger partial charge in [0.1, 0.15) is 12.4 Å². The summed E-state index contributed by atoms with van der Waals surface area (Å²) in [6, 6.07) is 1.83. The fourth-order valence-corrected chi connectivity index (χ4v) is 1.63. The lowest BCUT2D eigenvalue weighted by Gasteiger charge is -2.05. The summed E-state index contributed by atoms with van der Waals surface area (Å²) < 4.78 is 3.39. The van der Waals surface area contributed by atoms with Gasteiger partial charge in [-0.3, -0.25) is 9.48 Å². The van der Waals surface area contributed by atoms with Gasteiger partial charge in [0.05, 0.1) is 17.7 Å². The molecule has 0 unspecified atom stereocenters. The molecule has 1 N–H and O–H groups in total. The van der Waals surface area contributed by atoms with Gasteiger partial charge >= 0.3 is 0 Å². The molecule has 0 aliphatic heterocycles. The number of rotatable bonds is 3. The molecule has 0 aliphatic carbocycles. The predicted molar refractivity (Wildman–Crippen MR) is 63.5 cm³/mol. The lowest BCUT2D eigenvalue weighted by Crippen LogP contribution is -2.19. The van der Waals surface area contributed by atoms with Crippen LogP contribution in [0.4, 0.5) is 5.82 Å². The van der Waals surface area contributed by atoms with Crippen molar-refractivity contribution in [1.29, 1.82) is 0 Å². The molecule has 0 fully saturated rings. The first-order valence-electron chi connectivity index (χ1n) is 5.33. The van der Waals surface area contributed by atoms with Crippen molar-refractivity contribution >= 4 is 11.7 Å². The molecule has 0 aliphatic rings. The van der Waals surface area contributed by atoms with Crippen LogP contribution >= 0.6 is 0 Å². The molecule has 0 saturated heterocycles. The van der Waals surface area contributed by atoms with Gasteiger partial charge in [0.15, 0.2) is 0 Å². The Morgan fingerprint density at radius 2 is 2.18 bits per heavy atom. The minimum atomic E-state index is -0.0922. The maximum Gasteiger partial charge on any atom is 0.245 e. The summed E-state index contributed by atoms with van der Waals surface area (Å²) in [4.78, 5) is 15.8. The Hall–Kier alpha value is -2.11. The third-order valence-electron chi connectivity index (χ3n) is 2.36. The largest absolute Gasteiger partial charge is 0.328 e. The normalized spacial score (nSPS) is 10.5. The van der Waals surface area contributed by atoms with E-state index >= 15 is 0 Å². The number of nitrogens with zero attached hydrogens (tertiary/aromatic N) is 4. The average molecular weight is 233 g/mol. The summed E-state index contributed by atoms with van der Waals surface area (Å²) in [5, 5.41) is 6.96. The molecule has 0 bridgehead atoms. The summed E-state index contributed by atoms with van der Waals surface area (Å²) >= 11 is 0. The number of amides is 1. The Morgan fingerprint density at radius 3 is 2.71 bits per heavy atom. The van der Waals surface area contributed by atoms with E-state index in [4.69, 9.17) is 0 Å². The second-order valence-corrected chi connectivity index (χ2v) is 4.03. The van der Waals surface area contributed by atoms with Crippen LogP contribution in [0.1, 0.15) is 11.4 Å². The molecule has 0 aromatic carbocycles. The van der Waals surface area contributed by atoms with Gasteiger partial charge in [0.2, 0.25) is 5.91 Å². The van der Waals surface area contributed by atoms with Crippen molar-refractivity contribution in [2.75, 3.05) is 5.32 Å². The third kappa shape index (κ3) is 2.72. The van der Waals surface area contributed by atoms with Crippen LogP contribution in [0.15, 0.2) is 18.6 Å². The van der Waals surface area contributed by atoms with E-state index in [2.05, 4.69) is 15.4 Å². The van der Waals surface area contributed by atoms with Crippen molar-refractivity contribution in [2.24, 2.45) is 7.05 Å². The molecule has 17 heavy (non-hydrogen) atoms. The lowest BCUT2D eigenvalue weighted by atomic mass is 10.4. The molecule has 2 aromatic heterocycles. The molecular formula is C11H15N5O. The molecule has 6 heteroatoms. The van der Waals surface area contributed by atoms with Crippen LogP contribution in [-0.4, -0.2) is 25.2 Å². The van der Waals surface area contributed by atoms with E-state index in [1.165, 1.54) is 0 Å². The summed E-state index contributed by atoms with van der Waals surface area (Å²) in [6.07, 6.45) is 3.47. The first-order chi connectivity index (χ1) is 8.04. The van der Waals surface area contributed by atoms with Crippen molar-refractivity contribution in [3.63, 3.8) is 0 Å². The number of aryl methyl sites for hydroxylation is 3. The zero-order valence-electron chi connectivity index (χ0n) is 10.1. The molecule has 2 rings (SSSR count). The number of anilines is 1. The van der Waals surface area contributed by atoms with E-state index in [0.29, 0.717) is 5.82 Å². The van der Waals surface area contributed by atoms with Gasteiger partial charge in [-0.25, -0.2) is 4.98 Å². The van der Waals surface area contributed by atoms with Crippen LogP contribution in [0.3, 0.4) is 0 Å². The fraction of sp³-hybridized carbons (Fsp3) is 0.364. The molecule has 2 heterocycles. The van der Waals surface area contributed by atoms with E-state index in [1.807, 2.05) is 26.1 Å². The number of imidazole rings is 1. The zero-order chi connectivity index (χ0) is 12.4. The topological polar surface area (TPSA) is 64.7 Å². The Morgan fingerprint density at radius 1 is 1.41 bits per heavy atom. The molecule has 0 atom stereocenters. The first kappa shape index (κ1) is 11.4. The van der Waals surface area contributed by atoms with Crippen molar-refractivity contribution < 1.29 is 4.79 Å². The maximum absolute atomic E-state index is 11.8. The molecule has 6 nitrogen and oxygen atoms in total. The van der Waals surface area contributed by atoms with Crippen molar-refractivity contribution in [3.05, 3.63) is 30.0 Å². The monoisotopic (exact) mass is 233 g/mol. The predicted octanol–water partition coefficient (Wildman–Crippen LogP) is 0.872. The van der Waals surface area contributed by atoms with E-state index in [-0.39, 0.29) is 12.5 Å². The summed E-state index contributed by atoms with van der Waals surface area (Å²) in [5.74, 6) is 0.606. The lowest BCUT2D eigenvalue weighted by molar-refractivity contribution is -0.116. The van der Waals surface area contributed by atoms with Gasteiger partial charge in [-0.15, -0.1) is 0 Å². The van der Waals surface area contributed by atoms with Crippen molar-refractivity contribution in [2.45, 2.75) is 20.4 Å². The van der Waals surface area contributed by atoms with Crippen molar-refractivity contribution in [3.8, 4) is 0 Å². The van der Waals surface area contributed by atoms with Crippen LogP contribution in [0.2, 0.25) is 0 Å². The highest BCUT2D eigenvalue weighted by Crippen LogP contribution is 2.07. The van der Waals surface area contributed by atoms with Gasteiger partial charge < -0.3 is 9.88 Å². The van der Waals surface area contributed by atoms with Crippen LogP contribution in [0.5, 0.6) is 0 Å². The van der Waals surface area contributed by atoms with Crippen LogP contribution in [0.25, 0.3) is 0 Å². The summed E-state index contributed by atoms with van der Waals surface area (Å²) in [7, 11) is 1.80. The highest BCUT2D eigenvalue weighted by atomic mass is 16.2. The first-order valence-corrected chi connectivity index (χ1v) is 5.33. The number of nitrogens with one attached hydrogen (secondary N) is 1. The van der Waals surface area contributed by atoms with Gasteiger partial charge in [0, 0.05) is 19.3 Å². The average Bonchev–Trinajstić information content (AvgIpc) is 2.74. The molecule has 0 spiro atoms. The second kappa shape index (κ2) is 4.40. The summed E-state index contributed by atoms with van der Waals surface area (Å²) in [5.41, 5.74) is 1.77. The molecular weight excluding hydrogens is 218 g/mol. The minimum absolute atomic E-state index is 0.0922. The highest BCUT2D eigenvalue weighted by Gasteiger charge is 2.07. The van der Waals surface area contributed by atoms with E-state index in [0.717, 1.165) is 11.4 Å². The Balaban J connectivity index is 2.00. The van der Waals surface area contributed by atoms with Crippen LogP contribution < -0.4 is 5.32 Å². The van der Waals surface area contributed by atoms with Crippen LogP contribution in [-0.2, 0) is 18.4 Å². The zero-order valence-corrected chi connectivity index (χ0v) is 10.1. The number of hydrogen-bond donors (Lipinski definition) is 1. The second-order valence-electron chi connectivity index (χ2n) is 4.03. The smallest absolute Gasteiger partial charge is 0.245 e. The molecule has 1 amide bonds. The molecule has 0 radical (unpaired) electrons. The van der Waals surface area contributed by atoms with E-state index in [9.17, 15) is 4.79 Å². The van der Waals surface area contributed by atoms with Gasteiger partial charge in [-0.1, -0.05) is 0 Å². The number of carbonyl (C=O) groups is 1. The number of carbonyl (C=O) groups excluding carboxylic acids is 1. The Kier molecular flexibility index (Phi) is 2.95. The van der Waals surface area contributed by atoms with Gasteiger partial charge in [0.25, 0.3) is 0 Å². The number of hydrogen-bond acceptors (Lipinski definition) is 3. The minimum Gasteiger partial charge on any atom is -0.328 e. The molecule has 90 valence electrons. The number of aromatic nitrogens is 4. The quantitative estimate of drug-likeness (QED) is 0.855. The third-order valence-corrected chi connectivity index (χ3v) is 2.36. The fourth-order valence-electron chi connectivity index (χ4n) is 1.63. The Bertz CT molecular complexity index is 540. The molecule has 0 saturated carbocycles. The van der Waals surface area contributed by atoms with E-state index < -0.39 is 0 Å². The summed E-state index contributed by atoms with van der Waals surface area (Å²) in [6.45, 7) is 4.03. The van der Waals surface area contributed by atoms with Gasteiger partial charge in [-0.05, 0) is 13.8 Å². The highest BCUT2D eigenvalue weighted by molar-refractivity contribution is 5.89. The van der Waals surface area contributed by atoms with Gasteiger partial charge in [-0.2, -0.15) is 5.10 Å². The Labute approximate surface area is 99.3 Å². The van der Waals surface area contributed by atoms with Crippen molar-refractivity contribution in [1.82, 2.24) is 19.3 Å².